The van der Waals surface area contributed by atoms with E-state index in [0.29, 0.717) is 23.4 Å². The van der Waals surface area contributed by atoms with Crippen molar-refractivity contribution in [1.82, 2.24) is 10.2 Å². The minimum absolute atomic E-state index is 0.0911. The van der Waals surface area contributed by atoms with Gasteiger partial charge in [0.25, 0.3) is 0 Å². The fourth-order valence-corrected chi connectivity index (χ4v) is 3.10. The van der Waals surface area contributed by atoms with E-state index in [1.165, 1.54) is 43.4 Å². The van der Waals surface area contributed by atoms with Crippen LogP contribution in [0.2, 0.25) is 0 Å². The van der Waals surface area contributed by atoms with E-state index in [9.17, 15) is 4.79 Å². The Morgan fingerprint density at radius 1 is 1.33 bits per heavy atom. The highest BCUT2D eigenvalue weighted by atomic mass is 32.1. The lowest BCUT2D eigenvalue weighted by Gasteiger charge is -2.20. The van der Waals surface area contributed by atoms with Crippen molar-refractivity contribution >= 4 is 22.4 Å². The second kappa shape index (κ2) is 6.27. The molecular weight excluding hydrogens is 246 g/mol. The smallest absolute Gasteiger partial charge is 0.226 e. The molecule has 1 N–H and O–H groups in total. The summed E-state index contributed by atoms with van der Waals surface area (Å²) in [5.74, 6) is 1.02. The number of carbonyl (C=O) groups excluding carboxylic acids is 1. The highest BCUT2D eigenvalue weighted by Gasteiger charge is 2.18. The maximum atomic E-state index is 11.9. The van der Waals surface area contributed by atoms with Crippen LogP contribution in [-0.4, -0.2) is 16.1 Å². The van der Waals surface area contributed by atoms with Gasteiger partial charge >= 0.3 is 0 Å². The molecule has 1 saturated carbocycles. The van der Waals surface area contributed by atoms with E-state index >= 15 is 0 Å². The van der Waals surface area contributed by atoms with Gasteiger partial charge in [-0.2, -0.15) is 0 Å². The number of hydrogen-bond donors (Lipinski definition) is 1. The fourth-order valence-electron chi connectivity index (χ4n) is 2.34. The first kappa shape index (κ1) is 13.5. The number of aromatic nitrogens is 2. The van der Waals surface area contributed by atoms with Crippen LogP contribution in [0.1, 0.15) is 63.3 Å². The summed E-state index contributed by atoms with van der Waals surface area (Å²) in [6.45, 7) is 4.16. The number of hydrogen-bond acceptors (Lipinski definition) is 4. The normalized spacial score (nSPS) is 17.1. The lowest BCUT2D eigenvalue weighted by molar-refractivity contribution is -0.117. The van der Waals surface area contributed by atoms with Crippen LogP contribution in [0.25, 0.3) is 0 Å². The highest BCUT2D eigenvalue weighted by Crippen LogP contribution is 2.27. The zero-order valence-electron chi connectivity index (χ0n) is 11.1. The SMILES string of the molecule is CC(C)c1nnc(NC(=O)CC2CCCCC2)s1. The number of rotatable bonds is 4. The predicted octanol–water partition coefficient (Wildman–Crippen LogP) is 3.57. The van der Waals surface area contributed by atoms with E-state index in [-0.39, 0.29) is 5.91 Å². The Morgan fingerprint density at radius 2 is 2.06 bits per heavy atom. The molecule has 0 aromatic carbocycles. The van der Waals surface area contributed by atoms with Gasteiger partial charge < -0.3 is 5.32 Å². The summed E-state index contributed by atoms with van der Waals surface area (Å²) in [4.78, 5) is 11.9. The van der Waals surface area contributed by atoms with Gasteiger partial charge in [-0.3, -0.25) is 4.79 Å². The summed E-state index contributed by atoms with van der Waals surface area (Å²) < 4.78 is 0. The minimum atomic E-state index is 0.0911. The summed E-state index contributed by atoms with van der Waals surface area (Å²) in [5.41, 5.74) is 0. The summed E-state index contributed by atoms with van der Waals surface area (Å²) in [7, 11) is 0. The van der Waals surface area contributed by atoms with Gasteiger partial charge in [-0.05, 0) is 18.8 Å². The van der Waals surface area contributed by atoms with Crippen LogP contribution >= 0.6 is 11.3 Å². The van der Waals surface area contributed by atoms with E-state index in [1.807, 2.05) is 0 Å². The van der Waals surface area contributed by atoms with Gasteiger partial charge in [0.05, 0.1) is 0 Å². The first-order chi connectivity index (χ1) is 8.65. The largest absolute Gasteiger partial charge is 0.301 e. The maximum Gasteiger partial charge on any atom is 0.226 e. The van der Waals surface area contributed by atoms with Crippen LogP contribution in [0.4, 0.5) is 5.13 Å². The summed E-state index contributed by atoms with van der Waals surface area (Å²) in [5, 5.41) is 12.6. The molecule has 1 amide bonds. The van der Waals surface area contributed by atoms with Gasteiger partial charge in [0, 0.05) is 12.3 Å². The summed E-state index contributed by atoms with van der Waals surface area (Å²) in [6, 6.07) is 0. The molecule has 1 aliphatic rings. The number of carbonyl (C=O) groups is 1. The van der Waals surface area contributed by atoms with Crippen LogP contribution < -0.4 is 5.32 Å². The molecular formula is C13H21N3OS. The molecule has 1 aromatic heterocycles. The second-order valence-electron chi connectivity index (χ2n) is 5.36. The van der Waals surface area contributed by atoms with Gasteiger partial charge in [0.1, 0.15) is 5.01 Å². The van der Waals surface area contributed by atoms with E-state index < -0.39 is 0 Å². The molecule has 5 heteroatoms. The van der Waals surface area contributed by atoms with Crippen molar-refractivity contribution in [1.29, 1.82) is 0 Å². The minimum Gasteiger partial charge on any atom is -0.301 e. The van der Waals surface area contributed by atoms with Gasteiger partial charge in [0.15, 0.2) is 0 Å². The molecule has 2 rings (SSSR count). The first-order valence-corrected chi connectivity index (χ1v) is 7.60. The van der Waals surface area contributed by atoms with Gasteiger partial charge in [-0.25, -0.2) is 0 Å². The quantitative estimate of drug-likeness (QED) is 0.907. The molecule has 0 radical (unpaired) electrons. The van der Waals surface area contributed by atoms with Crippen LogP contribution in [0.5, 0.6) is 0 Å². The number of nitrogens with zero attached hydrogens (tertiary/aromatic N) is 2. The van der Waals surface area contributed by atoms with Crippen molar-refractivity contribution in [2.24, 2.45) is 5.92 Å². The highest BCUT2D eigenvalue weighted by molar-refractivity contribution is 7.15. The monoisotopic (exact) mass is 267 g/mol. The Hall–Kier alpha value is -0.970. The van der Waals surface area contributed by atoms with E-state index in [4.69, 9.17) is 0 Å². The van der Waals surface area contributed by atoms with Crippen LogP contribution in [0.3, 0.4) is 0 Å². The lowest BCUT2D eigenvalue weighted by atomic mass is 9.87. The van der Waals surface area contributed by atoms with Gasteiger partial charge in [-0.1, -0.05) is 44.4 Å². The number of nitrogens with one attached hydrogen (secondary N) is 1. The zero-order chi connectivity index (χ0) is 13.0. The molecule has 0 aliphatic heterocycles. The van der Waals surface area contributed by atoms with E-state index in [2.05, 4.69) is 29.4 Å². The average Bonchev–Trinajstić information content (AvgIpc) is 2.78. The van der Waals surface area contributed by atoms with Crippen LogP contribution in [0.15, 0.2) is 0 Å². The molecule has 0 unspecified atom stereocenters. The Kier molecular flexibility index (Phi) is 4.69. The van der Waals surface area contributed by atoms with Crippen molar-refractivity contribution in [2.45, 2.75) is 58.3 Å². The fraction of sp³-hybridized carbons (Fsp3) is 0.769. The summed E-state index contributed by atoms with van der Waals surface area (Å²) >= 11 is 1.48. The maximum absolute atomic E-state index is 11.9. The molecule has 4 nitrogen and oxygen atoms in total. The summed E-state index contributed by atoms with van der Waals surface area (Å²) in [6.07, 6.45) is 6.90. The third-order valence-electron chi connectivity index (χ3n) is 3.38. The van der Waals surface area contributed by atoms with Crippen molar-refractivity contribution in [2.75, 3.05) is 5.32 Å². The second-order valence-corrected chi connectivity index (χ2v) is 6.37. The molecule has 0 spiro atoms. The van der Waals surface area contributed by atoms with Gasteiger partial charge in [-0.15, -0.1) is 10.2 Å². The van der Waals surface area contributed by atoms with Crippen molar-refractivity contribution in [3.63, 3.8) is 0 Å². The number of anilines is 1. The average molecular weight is 267 g/mol. The van der Waals surface area contributed by atoms with Crippen LogP contribution in [-0.2, 0) is 4.79 Å². The molecule has 1 aliphatic carbocycles. The van der Waals surface area contributed by atoms with Crippen LogP contribution in [0, 0.1) is 5.92 Å². The topological polar surface area (TPSA) is 54.9 Å². The third kappa shape index (κ3) is 3.77. The molecule has 1 heterocycles. The predicted molar refractivity (Wildman–Crippen MR) is 73.8 cm³/mol. The third-order valence-corrected chi connectivity index (χ3v) is 4.52. The standard InChI is InChI=1S/C13H21N3OS/c1-9(2)12-15-16-13(18-12)14-11(17)8-10-6-4-3-5-7-10/h9-10H,3-8H2,1-2H3,(H,14,16,17). The molecule has 0 bridgehead atoms. The van der Waals surface area contributed by atoms with E-state index in [0.717, 1.165) is 5.01 Å². The van der Waals surface area contributed by atoms with Crippen molar-refractivity contribution < 1.29 is 4.79 Å². The van der Waals surface area contributed by atoms with E-state index in [1.54, 1.807) is 0 Å². The molecule has 1 fully saturated rings. The van der Waals surface area contributed by atoms with Crippen molar-refractivity contribution in [3.05, 3.63) is 5.01 Å². The number of amides is 1. The van der Waals surface area contributed by atoms with Crippen molar-refractivity contribution in [3.8, 4) is 0 Å². The zero-order valence-corrected chi connectivity index (χ0v) is 11.9. The molecule has 18 heavy (non-hydrogen) atoms. The molecule has 1 aromatic rings. The Morgan fingerprint density at radius 3 is 2.67 bits per heavy atom. The molecule has 100 valence electrons. The Balaban J connectivity index is 1.82. The lowest BCUT2D eigenvalue weighted by Crippen LogP contribution is -2.18. The first-order valence-electron chi connectivity index (χ1n) is 6.78. The Labute approximate surface area is 112 Å². The molecule has 0 saturated heterocycles. The Bertz CT molecular complexity index is 397. The molecule has 0 atom stereocenters. The van der Waals surface area contributed by atoms with Gasteiger partial charge in [0.2, 0.25) is 11.0 Å².